The molecule has 1 atom stereocenters. The average Bonchev–Trinajstić information content (AvgIpc) is 3.42. The van der Waals surface area contributed by atoms with E-state index in [1.54, 1.807) is 17.7 Å². The molecular weight excluding hydrogens is 530 g/mol. The molecule has 0 spiro atoms. The molecule has 6 rings (SSSR count). The molecule has 0 aliphatic carbocycles. The number of nitrogens with two attached hydrogens (primary N) is 1. The normalized spacial score (nSPS) is 18.5. The standard InChI is InChI=1S/C29H34F2N8O2/c1-37-11-13-38(14-12-37)21-9-10-22(23(17-21)40-2)34-28-35-26(29(30,31)19-6-5-7-20(32)16-19)25-27(36-28)39(18-33-25)24-8-3-4-15-41-24/h5-7,9-10,16-18,24H,3-4,8,11-15,32H2,1-2H3,(H,34,35,36). The monoisotopic (exact) mass is 564 g/mol. The minimum Gasteiger partial charge on any atom is -0.494 e. The predicted molar refractivity (Wildman–Crippen MR) is 154 cm³/mol. The number of fused-ring (bicyclic) bond motifs is 1. The molecule has 4 heterocycles. The second-order valence-electron chi connectivity index (χ2n) is 10.5. The van der Waals surface area contributed by atoms with Gasteiger partial charge >= 0.3 is 5.92 Å². The number of likely N-dealkylation sites (N-methyl/N-ethyl adjacent to an activating group) is 1. The number of hydrogen-bond acceptors (Lipinski definition) is 9. The largest absolute Gasteiger partial charge is 0.494 e. The number of aromatic nitrogens is 4. The summed E-state index contributed by atoms with van der Waals surface area (Å²) < 4.78 is 45.6. The van der Waals surface area contributed by atoms with Gasteiger partial charge in [0.15, 0.2) is 5.65 Å². The van der Waals surface area contributed by atoms with Crippen LogP contribution in [-0.4, -0.2) is 71.4 Å². The molecule has 1 unspecified atom stereocenters. The van der Waals surface area contributed by atoms with Crippen molar-refractivity contribution in [2.24, 2.45) is 0 Å². The van der Waals surface area contributed by atoms with Gasteiger partial charge in [-0.25, -0.2) is 9.97 Å². The van der Waals surface area contributed by atoms with Crippen LogP contribution >= 0.6 is 0 Å². The third-order valence-corrected chi connectivity index (χ3v) is 7.73. The van der Waals surface area contributed by atoms with E-state index >= 15 is 8.78 Å². The van der Waals surface area contributed by atoms with E-state index in [2.05, 4.69) is 37.1 Å². The Kier molecular flexibility index (Phi) is 7.35. The van der Waals surface area contributed by atoms with Crippen molar-refractivity contribution >= 4 is 34.2 Å². The van der Waals surface area contributed by atoms with E-state index in [0.29, 0.717) is 18.0 Å². The molecule has 2 aromatic heterocycles. The number of ether oxygens (including phenoxy) is 2. The van der Waals surface area contributed by atoms with E-state index in [9.17, 15) is 0 Å². The Bertz CT molecular complexity index is 1530. The SMILES string of the molecule is COc1cc(N2CCN(C)CC2)ccc1Nc1nc(C(F)(F)c2cccc(N)c2)c2ncn(C3CCCCO3)c2n1. The lowest BCUT2D eigenvalue weighted by atomic mass is 10.0. The summed E-state index contributed by atoms with van der Waals surface area (Å²) in [7, 11) is 3.69. The number of nitrogen functional groups attached to an aromatic ring is 1. The molecule has 0 bridgehead atoms. The van der Waals surface area contributed by atoms with Crippen molar-refractivity contribution in [3.8, 4) is 5.75 Å². The smallest absolute Gasteiger partial charge is 0.317 e. The number of hydrogen-bond donors (Lipinski definition) is 2. The summed E-state index contributed by atoms with van der Waals surface area (Å²) in [5, 5.41) is 3.13. The Morgan fingerprint density at radius 3 is 2.63 bits per heavy atom. The van der Waals surface area contributed by atoms with Crippen molar-refractivity contribution in [3.63, 3.8) is 0 Å². The van der Waals surface area contributed by atoms with Crippen molar-refractivity contribution in [3.05, 3.63) is 60.0 Å². The first-order valence-corrected chi connectivity index (χ1v) is 13.8. The number of nitrogens with one attached hydrogen (secondary N) is 1. The number of anilines is 4. The van der Waals surface area contributed by atoms with Crippen LogP contribution in [0.15, 0.2) is 48.8 Å². The number of benzene rings is 2. The van der Waals surface area contributed by atoms with E-state index in [1.165, 1.54) is 24.5 Å². The topological polar surface area (TPSA) is 107 Å². The highest BCUT2D eigenvalue weighted by molar-refractivity contribution is 5.78. The summed E-state index contributed by atoms with van der Waals surface area (Å²) in [4.78, 5) is 17.9. The first kappa shape index (κ1) is 27.2. The number of methoxy groups -OCH3 is 1. The first-order chi connectivity index (χ1) is 19.8. The van der Waals surface area contributed by atoms with Gasteiger partial charge in [0.05, 0.1) is 19.1 Å². The first-order valence-electron chi connectivity index (χ1n) is 13.8. The maximum atomic E-state index is 16.1. The predicted octanol–water partition coefficient (Wildman–Crippen LogP) is 4.75. The van der Waals surface area contributed by atoms with E-state index in [-0.39, 0.29) is 34.6 Å². The Labute approximate surface area is 237 Å². The van der Waals surface area contributed by atoms with Crippen LogP contribution < -0.4 is 20.7 Å². The van der Waals surface area contributed by atoms with Gasteiger partial charge in [-0.15, -0.1) is 0 Å². The minimum atomic E-state index is -3.49. The molecule has 41 heavy (non-hydrogen) atoms. The highest BCUT2D eigenvalue weighted by Crippen LogP contribution is 2.40. The minimum absolute atomic E-state index is 0.000662. The van der Waals surface area contributed by atoms with Gasteiger partial charge in [-0.2, -0.15) is 13.8 Å². The molecule has 2 saturated heterocycles. The van der Waals surface area contributed by atoms with E-state index in [1.807, 2.05) is 18.2 Å². The lowest BCUT2D eigenvalue weighted by Crippen LogP contribution is -2.44. The van der Waals surface area contributed by atoms with E-state index in [4.69, 9.17) is 15.2 Å². The average molecular weight is 565 g/mol. The van der Waals surface area contributed by atoms with Gasteiger partial charge in [0.2, 0.25) is 5.95 Å². The molecule has 2 fully saturated rings. The van der Waals surface area contributed by atoms with Crippen LogP contribution in [0.1, 0.15) is 36.7 Å². The second kappa shape index (κ2) is 11.1. The van der Waals surface area contributed by atoms with Crippen molar-refractivity contribution in [2.75, 3.05) is 62.9 Å². The molecule has 4 aromatic rings. The molecule has 3 N–H and O–H groups in total. The van der Waals surface area contributed by atoms with Gasteiger partial charge in [-0.3, -0.25) is 4.57 Å². The number of piperazine rings is 1. The van der Waals surface area contributed by atoms with E-state index < -0.39 is 11.6 Å². The van der Waals surface area contributed by atoms with Crippen molar-refractivity contribution in [1.29, 1.82) is 0 Å². The maximum Gasteiger partial charge on any atom is 0.317 e. The molecule has 0 amide bonds. The van der Waals surface area contributed by atoms with Gasteiger partial charge in [0.25, 0.3) is 0 Å². The number of nitrogens with zero attached hydrogens (tertiary/aromatic N) is 6. The molecule has 2 aromatic carbocycles. The number of alkyl halides is 2. The Morgan fingerprint density at radius 2 is 1.90 bits per heavy atom. The molecule has 10 nitrogen and oxygen atoms in total. The van der Waals surface area contributed by atoms with Crippen molar-refractivity contribution < 1.29 is 18.3 Å². The molecule has 2 aliphatic heterocycles. The van der Waals surface area contributed by atoms with Gasteiger partial charge in [0.1, 0.15) is 23.2 Å². The molecule has 0 radical (unpaired) electrons. The Balaban J connectivity index is 1.41. The Morgan fingerprint density at radius 1 is 1.07 bits per heavy atom. The fourth-order valence-corrected chi connectivity index (χ4v) is 5.38. The lowest BCUT2D eigenvalue weighted by molar-refractivity contribution is -0.0298. The summed E-state index contributed by atoms with van der Waals surface area (Å²) in [5.41, 5.74) is 7.15. The fourth-order valence-electron chi connectivity index (χ4n) is 5.38. The zero-order chi connectivity index (χ0) is 28.6. The van der Waals surface area contributed by atoms with Crippen LogP contribution in [0.5, 0.6) is 5.75 Å². The summed E-state index contributed by atoms with van der Waals surface area (Å²) in [6.07, 6.45) is 3.81. The van der Waals surface area contributed by atoms with Gasteiger partial charge in [0, 0.05) is 55.8 Å². The molecule has 12 heteroatoms. The molecule has 0 saturated carbocycles. The van der Waals surface area contributed by atoms with Crippen LogP contribution in [0.3, 0.4) is 0 Å². The second-order valence-corrected chi connectivity index (χ2v) is 10.5. The third kappa shape index (κ3) is 5.36. The summed E-state index contributed by atoms with van der Waals surface area (Å²) in [6, 6.07) is 11.4. The highest BCUT2D eigenvalue weighted by atomic mass is 19.3. The molecule has 216 valence electrons. The number of halogens is 2. The van der Waals surface area contributed by atoms with Crippen LogP contribution in [0, 0.1) is 0 Å². The highest BCUT2D eigenvalue weighted by Gasteiger charge is 2.40. The van der Waals surface area contributed by atoms with Crippen molar-refractivity contribution in [1.82, 2.24) is 24.4 Å². The van der Waals surface area contributed by atoms with Crippen LogP contribution in [0.2, 0.25) is 0 Å². The third-order valence-electron chi connectivity index (χ3n) is 7.73. The number of rotatable bonds is 7. The lowest BCUT2D eigenvalue weighted by Gasteiger charge is -2.34. The maximum absolute atomic E-state index is 16.1. The zero-order valence-corrected chi connectivity index (χ0v) is 23.2. The van der Waals surface area contributed by atoms with Crippen LogP contribution in [-0.2, 0) is 10.7 Å². The van der Waals surface area contributed by atoms with Gasteiger partial charge in [-0.1, -0.05) is 12.1 Å². The molecule has 2 aliphatic rings. The quantitative estimate of drug-likeness (QED) is 0.308. The Hall–Kier alpha value is -4.03. The van der Waals surface area contributed by atoms with Crippen LogP contribution in [0.4, 0.5) is 31.8 Å². The zero-order valence-electron chi connectivity index (χ0n) is 23.2. The van der Waals surface area contributed by atoms with Crippen molar-refractivity contribution in [2.45, 2.75) is 31.4 Å². The van der Waals surface area contributed by atoms with E-state index in [0.717, 1.165) is 51.1 Å². The molecular formula is C29H34F2N8O2. The van der Waals surface area contributed by atoms with Gasteiger partial charge in [-0.05, 0) is 50.6 Å². The summed E-state index contributed by atoms with van der Waals surface area (Å²) in [6.45, 7) is 4.34. The fraction of sp³-hybridized carbons (Fsp3) is 0.414. The summed E-state index contributed by atoms with van der Waals surface area (Å²) in [5.74, 6) is -2.94. The van der Waals surface area contributed by atoms with Gasteiger partial charge < -0.3 is 30.3 Å². The number of imidazole rings is 1. The summed E-state index contributed by atoms with van der Waals surface area (Å²) >= 11 is 0. The van der Waals surface area contributed by atoms with Crippen LogP contribution in [0.25, 0.3) is 11.2 Å².